The molecule has 180 valence electrons. The highest BCUT2D eigenvalue weighted by atomic mass is 16.5. The number of ether oxygens (including phenoxy) is 1. The number of esters is 1. The highest BCUT2D eigenvalue weighted by Gasteiger charge is 2.22. The van der Waals surface area contributed by atoms with Crippen LogP contribution in [0.5, 0.6) is 0 Å². The first-order valence-electron chi connectivity index (χ1n) is 12.0. The van der Waals surface area contributed by atoms with Gasteiger partial charge in [-0.05, 0) is 34.6 Å². The molecular weight excluding hydrogens is 434 g/mol. The van der Waals surface area contributed by atoms with Gasteiger partial charge in [-0.25, -0.2) is 4.79 Å². The summed E-state index contributed by atoms with van der Waals surface area (Å²) in [6.07, 6.45) is 3.52. The SMILES string of the molecule is COC(=O)C(Cc1ccccc1)N=C1C=C(c2ccc(C(C)Cc3ccccc3)cc2)NCN1C. The van der Waals surface area contributed by atoms with Gasteiger partial charge in [0.25, 0.3) is 0 Å². The average molecular weight is 468 g/mol. The molecule has 0 aliphatic carbocycles. The predicted octanol–water partition coefficient (Wildman–Crippen LogP) is 5.05. The van der Waals surface area contributed by atoms with E-state index in [1.807, 2.05) is 48.4 Å². The third-order valence-electron chi connectivity index (χ3n) is 6.38. The van der Waals surface area contributed by atoms with Crippen LogP contribution in [0.3, 0.4) is 0 Å². The van der Waals surface area contributed by atoms with E-state index in [0.29, 0.717) is 19.0 Å². The number of nitrogens with one attached hydrogen (secondary N) is 1. The third kappa shape index (κ3) is 6.38. The van der Waals surface area contributed by atoms with E-state index in [-0.39, 0.29) is 5.97 Å². The van der Waals surface area contributed by atoms with Crippen LogP contribution in [0.4, 0.5) is 0 Å². The number of methoxy groups -OCH3 is 1. The molecule has 4 rings (SSSR count). The number of hydrogen-bond donors (Lipinski definition) is 1. The highest BCUT2D eigenvalue weighted by Crippen LogP contribution is 2.23. The van der Waals surface area contributed by atoms with Gasteiger partial charge in [0.05, 0.1) is 13.8 Å². The Morgan fingerprint density at radius 3 is 2.14 bits per heavy atom. The van der Waals surface area contributed by atoms with Crippen molar-refractivity contribution in [3.8, 4) is 0 Å². The van der Waals surface area contributed by atoms with Gasteiger partial charge in [-0.15, -0.1) is 0 Å². The van der Waals surface area contributed by atoms with Crippen LogP contribution in [0.15, 0.2) is 96.0 Å². The normalized spacial score (nSPS) is 16.3. The Bertz CT molecular complexity index is 1170. The summed E-state index contributed by atoms with van der Waals surface area (Å²) in [5, 5.41) is 3.46. The minimum atomic E-state index is -0.600. The number of rotatable bonds is 8. The summed E-state index contributed by atoms with van der Waals surface area (Å²) < 4.78 is 5.05. The number of nitrogens with zero attached hydrogens (tertiary/aromatic N) is 2. The minimum absolute atomic E-state index is 0.333. The van der Waals surface area contributed by atoms with Crippen molar-refractivity contribution in [3.05, 3.63) is 113 Å². The van der Waals surface area contributed by atoms with Crippen molar-refractivity contribution >= 4 is 17.5 Å². The van der Waals surface area contributed by atoms with E-state index in [4.69, 9.17) is 9.73 Å². The van der Waals surface area contributed by atoms with Crippen LogP contribution < -0.4 is 5.32 Å². The van der Waals surface area contributed by atoms with Crippen molar-refractivity contribution in [2.75, 3.05) is 20.8 Å². The second kappa shape index (κ2) is 11.5. The van der Waals surface area contributed by atoms with Crippen LogP contribution in [-0.2, 0) is 22.4 Å². The maximum atomic E-state index is 12.5. The molecule has 1 heterocycles. The van der Waals surface area contributed by atoms with Gasteiger partial charge in [0.2, 0.25) is 0 Å². The van der Waals surface area contributed by atoms with Crippen LogP contribution in [0.2, 0.25) is 0 Å². The zero-order valence-corrected chi connectivity index (χ0v) is 20.6. The first kappa shape index (κ1) is 24.3. The summed E-state index contributed by atoms with van der Waals surface area (Å²) in [5.41, 5.74) is 5.80. The molecule has 5 nitrogen and oxygen atoms in total. The van der Waals surface area contributed by atoms with Gasteiger partial charge in [-0.3, -0.25) is 4.99 Å². The number of likely N-dealkylation sites (N-methyl/N-ethyl adjacent to an activating group) is 1. The van der Waals surface area contributed by atoms with Crippen LogP contribution in [-0.4, -0.2) is 43.6 Å². The summed E-state index contributed by atoms with van der Waals surface area (Å²) >= 11 is 0. The zero-order valence-electron chi connectivity index (χ0n) is 20.6. The van der Waals surface area contributed by atoms with Gasteiger partial charge in [0.1, 0.15) is 5.84 Å². The standard InChI is InChI=1S/C30H33N3O2/c1-22(18-23-10-6-4-7-11-23)25-14-16-26(17-15-25)27-20-29(33(2)21-31-27)32-28(30(34)35-3)19-24-12-8-5-9-13-24/h4-17,20,22,28,31H,18-19,21H2,1-3H3. The second-order valence-corrected chi connectivity index (χ2v) is 9.02. The van der Waals surface area contributed by atoms with Crippen molar-refractivity contribution in [1.82, 2.24) is 10.2 Å². The smallest absolute Gasteiger partial charge is 0.331 e. The Balaban J connectivity index is 1.53. The summed E-state index contributed by atoms with van der Waals surface area (Å²) in [6, 6.07) is 28.6. The van der Waals surface area contributed by atoms with Gasteiger partial charge in [0.15, 0.2) is 6.04 Å². The Morgan fingerprint density at radius 2 is 1.54 bits per heavy atom. The minimum Gasteiger partial charge on any atom is -0.467 e. The molecule has 0 aromatic heterocycles. The lowest BCUT2D eigenvalue weighted by Gasteiger charge is -2.28. The van der Waals surface area contributed by atoms with Crippen molar-refractivity contribution in [2.24, 2.45) is 4.99 Å². The molecular formula is C30H33N3O2. The quantitative estimate of drug-likeness (QED) is 0.471. The molecule has 1 N–H and O–H groups in total. The number of benzene rings is 3. The lowest BCUT2D eigenvalue weighted by Crippen LogP contribution is -2.40. The van der Waals surface area contributed by atoms with E-state index >= 15 is 0 Å². The molecule has 2 atom stereocenters. The van der Waals surface area contributed by atoms with Crippen molar-refractivity contribution in [3.63, 3.8) is 0 Å². The number of amidine groups is 1. The topological polar surface area (TPSA) is 53.9 Å². The molecule has 0 spiro atoms. The molecule has 5 heteroatoms. The van der Waals surface area contributed by atoms with Crippen LogP contribution in [0.1, 0.15) is 35.1 Å². The molecule has 1 aliphatic heterocycles. The molecule has 0 bridgehead atoms. The van der Waals surface area contributed by atoms with E-state index < -0.39 is 6.04 Å². The maximum Gasteiger partial charge on any atom is 0.331 e. The fourth-order valence-corrected chi connectivity index (χ4v) is 4.29. The van der Waals surface area contributed by atoms with Gasteiger partial charge in [-0.1, -0.05) is 91.9 Å². The third-order valence-corrected chi connectivity index (χ3v) is 6.38. The highest BCUT2D eigenvalue weighted by molar-refractivity contribution is 6.01. The summed E-state index contributed by atoms with van der Waals surface area (Å²) in [5.74, 6) is 0.855. The molecule has 2 unspecified atom stereocenters. The van der Waals surface area contributed by atoms with E-state index in [0.717, 1.165) is 29.1 Å². The fourth-order valence-electron chi connectivity index (χ4n) is 4.29. The molecule has 0 saturated carbocycles. The number of hydrogen-bond acceptors (Lipinski definition) is 4. The lowest BCUT2D eigenvalue weighted by atomic mass is 9.93. The molecule has 3 aromatic rings. The fraction of sp³-hybridized carbons (Fsp3) is 0.267. The molecule has 35 heavy (non-hydrogen) atoms. The Morgan fingerprint density at radius 1 is 0.943 bits per heavy atom. The van der Waals surface area contributed by atoms with E-state index in [1.54, 1.807) is 0 Å². The first-order chi connectivity index (χ1) is 17.0. The Kier molecular flexibility index (Phi) is 7.99. The zero-order chi connectivity index (χ0) is 24.6. The van der Waals surface area contributed by atoms with Gasteiger partial charge in [-0.2, -0.15) is 0 Å². The first-order valence-corrected chi connectivity index (χ1v) is 12.0. The lowest BCUT2D eigenvalue weighted by molar-refractivity contribution is -0.142. The molecule has 3 aromatic carbocycles. The second-order valence-electron chi connectivity index (χ2n) is 9.02. The largest absolute Gasteiger partial charge is 0.467 e. The Labute approximate surface area is 208 Å². The number of aliphatic imine (C=N–C) groups is 1. The number of carbonyl (C=O) groups is 1. The van der Waals surface area contributed by atoms with Crippen molar-refractivity contribution in [1.29, 1.82) is 0 Å². The van der Waals surface area contributed by atoms with Gasteiger partial charge < -0.3 is 15.0 Å². The van der Waals surface area contributed by atoms with Crippen molar-refractivity contribution in [2.45, 2.75) is 31.7 Å². The van der Waals surface area contributed by atoms with Crippen molar-refractivity contribution < 1.29 is 9.53 Å². The van der Waals surface area contributed by atoms with E-state index in [1.165, 1.54) is 18.2 Å². The van der Waals surface area contributed by atoms with E-state index in [2.05, 4.69) is 66.8 Å². The molecule has 0 fully saturated rings. The van der Waals surface area contributed by atoms with E-state index in [9.17, 15) is 4.79 Å². The molecule has 0 amide bonds. The van der Waals surface area contributed by atoms with Crippen LogP contribution in [0, 0.1) is 0 Å². The van der Waals surface area contributed by atoms with Crippen LogP contribution in [0.25, 0.3) is 5.70 Å². The predicted molar refractivity (Wildman–Crippen MR) is 142 cm³/mol. The average Bonchev–Trinajstić information content (AvgIpc) is 2.90. The molecule has 0 saturated heterocycles. The van der Waals surface area contributed by atoms with Gasteiger partial charge in [0, 0.05) is 25.2 Å². The molecule has 0 radical (unpaired) electrons. The maximum absolute atomic E-state index is 12.5. The van der Waals surface area contributed by atoms with Crippen LogP contribution >= 0.6 is 0 Å². The number of carbonyl (C=O) groups excluding carboxylic acids is 1. The summed E-state index contributed by atoms with van der Waals surface area (Å²) in [4.78, 5) is 19.3. The van der Waals surface area contributed by atoms with Gasteiger partial charge >= 0.3 is 5.97 Å². The Hall–Kier alpha value is -3.86. The molecule has 1 aliphatic rings. The summed E-state index contributed by atoms with van der Waals surface area (Å²) in [6.45, 7) is 2.87. The summed E-state index contributed by atoms with van der Waals surface area (Å²) in [7, 11) is 3.37. The monoisotopic (exact) mass is 467 g/mol.